The molecule has 0 fully saturated rings. The highest BCUT2D eigenvalue weighted by Crippen LogP contribution is 2.22. The number of pyridine rings is 1. The fraction of sp³-hybridized carbons (Fsp3) is 0.250. The van der Waals surface area contributed by atoms with Crippen molar-refractivity contribution in [3.63, 3.8) is 0 Å². The number of thiophene rings is 1. The van der Waals surface area contributed by atoms with Crippen LogP contribution in [-0.4, -0.2) is 16.5 Å². The number of nitro groups is 1. The number of hydrogen-bond acceptors (Lipinski definition) is 5. The Bertz CT molecular complexity index is 540. The second-order valence-electron chi connectivity index (χ2n) is 3.89. The Morgan fingerprint density at radius 1 is 1.56 bits per heavy atom. The molecular formula is C12H13N3O2S. The Morgan fingerprint density at radius 2 is 2.39 bits per heavy atom. The molecule has 94 valence electrons. The van der Waals surface area contributed by atoms with Crippen LogP contribution in [-0.2, 0) is 6.42 Å². The van der Waals surface area contributed by atoms with Gasteiger partial charge in [-0.05, 0) is 30.4 Å². The molecule has 6 heteroatoms. The van der Waals surface area contributed by atoms with E-state index >= 15 is 0 Å². The molecule has 0 saturated heterocycles. The number of hydrogen-bond donors (Lipinski definition) is 1. The molecule has 0 aliphatic rings. The van der Waals surface area contributed by atoms with Gasteiger partial charge in [0.2, 0.25) is 5.82 Å². The summed E-state index contributed by atoms with van der Waals surface area (Å²) in [5, 5.41) is 15.9. The summed E-state index contributed by atoms with van der Waals surface area (Å²) < 4.78 is 0. The summed E-state index contributed by atoms with van der Waals surface area (Å²) in [6.45, 7) is 2.42. The van der Waals surface area contributed by atoms with Crippen LogP contribution in [0.1, 0.15) is 10.4 Å². The number of anilines is 1. The van der Waals surface area contributed by atoms with Crippen molar-refractivity contribution in [1.82, 2.24) is 4.98 Å². The van der Waals surface area contributed by atoms with Gasteiger partial charge in [0.05, 0.1) is 4.92 Å². The Labute approximate surface area is 109 Å². The molecule has 0 spiro atoms. The highest BCUT2D eigenvalue weighted by molar-refractivity contribution is 7.09. The van der Waals surface area contributed by atoms with Gasteiger partial charge in [0.15, 0.2) is 0 Å². The van der Waals surface area contributed by atoms with E-state index in [0.717, 1.165) is 12.0 Å². The van der Waals surface area contributed by atoms with Crippen molar-refractivity contribution < 1.29 is 4.92 Å². The molecule has 18 heavy (non-hydrogen) atoms. The zero-order valence-corrected chi connectivity index (χ0v) is 10.7. The van der Waals surface area contributed by atoms with Gasteiger partial charge in [-0.15, -0.1) is 11.3 Å². The molecule has 0 saturated carbocycles. The highest BCUT2D eigenvalue weighted by atomic mass is 32.1. The van der Waals surface area contributed by atoms with Gasteiger partial charge in [-0.2, -0.15) is 0 Å². The SMILES string of the molecule is Cc1cnc(NCCc2cccs2)c([N+](=O)[O-])c1. The maximum Gasteiger partial charge on any atom is 0.311 e. The molecule has 2 heterocycles. The number of aromatic nitrogens is 1. The Hall–Kier alpha value is -1.95. The van der Waals surface area contributed by atoms with E-state index in [1.807, 2.05) is 17.5 Å². The molecule has 0 aliphatic heterocycles. The number of nitrogens with one attached hydrogen (secondary N) is 1. The third-order valence-corrected chi connectivity index (χ3v) is 3.38. The molecule has 2 aromatic heterocycles. The second kappa shape index (κ2) is 5.59. The first-order valence-electron chi connectivity index (χ1n) is 5.54. The molecule has 0 aliphatic carbocycles. The lowest BCUT2D eigenvalue weighted by Crippen LogP contribution is -2.08. The zero-order valence-electron chi connectivity index (χ0n) is 9.92. The average molecular weight is 263 g/mol. The lowest BCUT2D eigenvalue weighted by Gasteiger charge is -2.05. The van der Waals surface area contributed by atoms with Crippen molar-refractivity contribution in [2.45, 2.75) is 13.3 Å². The highest BCUT2D eigenvalue weighted by Gasteiger charge is 2.14. The van der Waals surface area contributed by atoms with E-state index in [1.54, 1.807) is 24.5 Å². The van der Waals surface area contributed by atoms with Crippen LogP contribution in [0.3, 0.4) is 0 Å². The topological polar surface area (TPSA) is 68.1 Å². The van der Waals surface area contributed by atoms with E-state index in [4.69, 9.17) is 0 Å². The molecule has 0 bridgehead atoms. The van der Waals surface area contributed by atoms with Crippen molar-refractivity contribution in [2.75, 3.05) is 11.9 Å². The maximum atomic E-state index is 10.9. The maximum absolute atomic E-state index is 10.9. The van der Waals surface area contributed by atoms with Crippen molar-refractivity contribution in [1.29, 1.82) is 0 Å². The van der Waals surface area contributed by atoms with Crippen LogP contribution in [0.2, 0.25) is 0 Å². The summed E-state index contributed by atoms with van der Waals surface area (Å²) in [6.07, 6.45) is 2.46. The van der Waals surface area contributed by atoms with E-state index < -0.39 is 4.92 Å². The summed E-state index contributed by atoms with van der Waals surface area (Å²) in [6, 6.07) is 5.57. The fourth-order valence-electron chi connectivity index (χ4n) is 1.59. The Balaban J connectivity index is 2.02. The van der Waals surface area contributed by atoms with Gasteiger partial charge >= 0.3 is 5.69 Å². The van der Waals surface area contributed by atoms with Crippen LogP contribution in [0.15, 0.2) is 29.8 Å². The summed E-state index contributed by atoms with van der Waals surface area (Å²) in [5.74, 6) is 0.335. The molecule has 5 nitrogen and oxygen atoms in total. The van der Waals surface area contributed by atoms with E-state index in [0.29, 0.717) is 12.4 Å². The molecule has 1 N–H and O–H groups in total. The van der Waals surface area contributed by atoms with Crippen LogP contribution < -0.4 is 5.32 Å². The predicted molar refractivity (Wildman–Crippen MR) is 72.1 cm³/mol. The fourth-order valence-corrected chi connectivity index (χ4v) is 2.30. The summed E-state index contributed by atoms with van der Waals surface area (Å²) >= 11 is 1.68. The quantitative estimate of drug-likeness (QED) is 0.665. The summed E-state index contributed by atoms with van der Waals surface area (Å²) in [7, 11) is 0. The number of rotatable bonds is 5. The van der Waals surface area contributed by atoms with Crippen LogP contribution in [0.5, 0.6) is 0 Å². The molecule has 0 unspecified atom stereocenters. The zero-order chi connectivity index (χ0) is 13.0. The molecule has 2 aromatic rings. The third-order valence-electron chi connectivity index (χ3n) is 2.44. The van der Waals surface area contributed by atoms with Crippen molar-refractivity contribution >= 4 is 22.8 Å². The standard InChI is InChI=1S/C12H13N3O2S/c1-9-7-11(15(16)17)12(14-8-9)13-5-4-10-3-2-6-18-10/h2-3,6-8H,4-5H2,1H3,(H,13,14). The van der Waals surface area contributed by atoms with E-state index in [2.05, 4.69) is 10.3 Å². The van der Waals surface area contributed by atoms with Gasteiger partial charge < -0.3 is 5.32 Å². The van der Waals surface area contributed by atoms with Crippen LogP contribution >= 0.6 is 11.3 Å². The van der Waals surface area contributed by atoms with Crippen LogP contribution in [0, 0.1) is 17.0 Å². The van der Waals surface area contributed by atoms with Gasteiger partial charge in [-0.3, -0.25) is 10.1 Å². The Kier molecular flexibility index (Phi) is 3.88. The molecule has 2 rings (SSSR count). The Morgan fingerprint density at radius 3 is 3.06 bits per heavy atom. The second-order valence-corrected chi connectivity index (χ2v) is 4.93. The predicted octanol–water partition coefficient (Wildman–Crippen LogP) is 3.01. The summed E-state index contributed by atoms with van der Waals surface area (Å²) in [5.41, 5.74) is 0.812. The molecule has 0 aromatic carbocycles. The van der Waals surface area contributed by atoms with Gasteiger partial charge in [-0.25, -0.2) is 4.98 Å². The average Bonchev–Trinajstić information content (AvgIpc) is 2.84. The number of aryl methyl sites for hydroxylation is 1. The third kappa shape index (κ3) is 3.04. The van der Waals surface area contributed by atoms with Crippen LogP contribution in [0.25, 0.3) is 0 Å². The van der Waals surface area contributed by atoms with Crippen molar-refractivity contribution in [3.8, 4) is 0 Å². The summed E-state index contributed by atoms with van der Waals surface area (Å²) in [4.78, 5) is 15.8. The van der Waals surface area contributed by atoms with Gasteiger partial charge in [-0.1, -0.05) is 6.07 Å². The van der Waals surface area contributed by atoms with Crippen molar-refractivity contribution in [3.05, 3.63) is 50.3 Å². The lowest BCUT2D eigenvalue weighted by atomic mass is 10.3. The van der Waals surface area contributed by atoms with E-state index in [1.165, 1.54) is 10.9 Å². The van der Waals surface area contributed by atoms with Crippen LogP contribution in [0.4, 0.5) is 11.5 Å². The normalized spacial score (nSPS) is 10.3. The molecule has 0 amide bonds. The smallest absolute Gasteiger partial charge is 0.311 e. The van der Waals surface area contributed by atoms with E-state index in [9.17, 15) is 10.1 Å². The molecule has 0 radical (unpaired) electrons. The first-order chi connectivity index (χ1) is 8.66. The van der Waals surface area contributed by atoms with Gasteiger partial charge in [0.1, 0.15) is 0 Å². The first-order valence-corrected chi connectivity index (χ1v) is 6.42. The largest absolute Gasteiger partial charge is 0.364 e. The molecular weight excluding hydrogens is 250 g/mol. The minimum Gasteiger partial charge on any atom is -0.364 e. The number of nitrogens with zero attached hydrogens (tertiary/aromatic N) is 2. The van der Waals surface area contributed by atoms with Gasteiger partial charge in [0, 0.05) is 23.7 Å². The first kappa shape index (κ1) is 12.5. The van der Waals surface area contributed by atoms with Gasteiger partial charge in [0.25, 0.3) is 0 Å². The minimum absolute atomic E-state index is 0.0289. The minimum atomic E-state index is -0.409. The van der Waals surface area contributed by atoms with Crippen molar-refractivity contribution in [2.24, 2.45) is 0 Å². The monoisotopic (exact) mass is 263 g/mol. The van der Waals surface area contributed by atoms with E-state index in [-0.39, 0.29) is 5.69 Å². The lowest BCUT2D eigenvalue weighted by molar-refractivity contribution is -0.384. The molecule has 0 atom stereocenters.